The van der Waals surface area contributed by atoms with E-state index < -0.39 is 0 Å². The molecule has 1 aliphatic carbocycles. The van der Waals surface area contributed by atoms with Gasteiger partial charge in [-0.3, -0.25) is 0 Å². The van der Waals surface area contributed by atoms with Crippen molar-refractivity contribution in [1.29, 1.82) is 0 Å². The Morgan fingerprint density at radius 3 is 2.55 bits per heavy atom. The molecular weight excluding hydrogens is 270 g/mol. The second kappa shape index (κ2) is 5.49. The third-order valence-electron chi connectivity index (χ3n) is 4.25. The predicted octanol–water partition coefficient (Wildman–Crippen LogP) is 3.91. The molecule has 1 fully saturated rings. The number of halogens is 1. The monoisotopic (exact) mass is 289 g/mol. The minimum Gasteiger partial charge on any atom is -0.356 e. The molecule has 0 saturated heterocycles. The van der Waals surface area contributed by atoms with Gasteiger partial charge >= 0.3 is 0 Å². The lowest BCUT2D eigenvalue weighted by Crippen LogP contribution is -2.38. The van der Waals surface area contributed by atoms with Gasteiger partial charge in [-0.05, 0) is 38.3 Å². The van der Waals surface area contributed by atoms with E-state index >= 15 is 0 Å². The molecule has 0 radical (unpaired) electrons. The van der Waals surface area contributed by atoms with E-state index in [0.717, 1.165) is 22.8 Å². The Hall–Kier alpha value is -1.48. The maximum Gasteiger partial charge on any atom is 0.137 e. The molecule has 1 aliphatic rings. The second-order valence-corrected chi connectivity index (χ2v) is 5.73. The molecule has 2 aromatic rings. The molecule has 1 heterocycles. The number of aromatic nitrogens is 2. The van der Waals surface area contributed by atoms with Gasteiger partial charge in [0, 0.05) is 18.7 Å². The topological polar surface area (TPSA) is 21.1 Å². The third-order valence-corrected chi connectivity index (χ3v) is 4.52. The molecular formula is C16H20ClN3. The van der Waals surface area contributed by atoms with Gasteiger partial charge in [0.1, 0.15) is 5.82 Å². The summed E-state index contributed by atoms with van der Waals surface area (Å²) in [6.07, 6.45) is 3.85. The number of aryl methyl sites for hydroxylation is 1. The van der Waals surface area contributed by atoms with Crippen molar-refractivity contribution in [1.82, 2.24) is 9.78 Å². The van der Waals surface area contributed by atoms with Gasteiger partial charge in [0.2, 0.25) is 0 Å². The molecule has 1 aromatic carbocycles. The quantitative estimate of drug-likeness (QED) is 0.796. The van der Waals surface area contributed by atoms with Gasteiger partial charge < -0.3 is 4.90 Å². The molecule has 3 nitrogen and oxygen atoms in total. The molecule has 20 heavy (non-hydrogen) atoms. The summed E-state index contributed by atoms with van der Waals surface area (Å²) in [5.41, 5.74) is 3.25. The van der Waals surface area contributed by atoms with Crippen LogP contribution in [-0.2, 0) is 5.88 Å². The number of alkyl halides is 1. The summed E-state index contributed by atoms with van der Waals surface area (Å²) in [5.74, 6) is 1.65. The zero-order chi connectivity index (χ0) is 14.1. The largest absolute Gasteiger partial charge is 0.356 e. The molecule has 0 aliphatic heterocycles. The molecule has 106 valence electrons. The molecule has 4 heteroatoms. The molecule has 3 rings (SSSR count). The van der Waals surface area contributed by atoms with Crippen LogP contribution >= 0.6 is 11.6 Å². The van der Waals surface area contributed by atoms with E-state index in [1.54, 1.807) is 0 Å². The maximum absolute atomic E-state index is 6.17. The van der Waals surface area contributed by atoms with Crippen molar-refractivity contribution in [3.05, 3.63) is 41.6 Å². The van der Waals surface area contributed by atoms with E-state index in [4.69, 9.17) is 16.7 Å². The van der Waals surface area contributed by atoms with Crippen LogP contribution in [0.15, 0.2) is 30.3 Å². The van der Waals surface area contributed by atoms with Crippen LogP contribution in [0.4, 0.5) is 5.82 Å². The van der Waals surface area contributed by atoms with Crippen molar-refractivity contribution in [3.8, 4) is 5.69 Å². The van der Waals surface area contributed by atoms with Gasteiger partial charge in [0.15, 0.2) is 0 Å². The SMILES string of the molecule is Cc1nn(-c2ccccc2)c(N(C)C2CCC2)c1CCl. The van der Waals surface area contributed by atoms with Gasteiger partial charge in [-0.1, -0.05) is 18.2 Å². The van der Waals surface area contributed by atoms with Crippen LogP contribution in [0.25, 0.3) is 5.69 Å². The average molecular weight is 290 g/mol. The Morgan fingerprint density at radius 1 is 1.30 bits per heavy atom. The molecule has 0 atom stereocenters. The van der Waals surface area contributed by atoms with E-state index in [-0.39, 0.29) is 0 Å². The first-order valence-corrected chi connectivity index (χ1v) is 7.68. The number of nitrogens with zero attached hydrogens (tertiary/aromatic N) is 3. The van der Waals surface area contributed by atoms with Crippen molar-refractivity contribution in [2.45, 2.75) is 38.1 Å². The molecule has 1 saturated carbocycles. The van der Waals surface area contributed by atoms with Crippen LogP contribution < -0.4 is 4.90 Å². The second-order valence-electron chi connectivity index (χ2n) is 5.46. The molecule has 1 aromatic heterocycles. The number of anilines is 1. The Bertz CT molecular complexity index is 587. The van der Waals surface area contributed by atoms with E-state index in [1.165, 1.54) is 19.3 Å². The maximum atomic E-state index is 6.17. The Morgan fingerprint density at radius 2 is 2.00 bits per heavy atom. The highest BCUT2D eigenvalue weighted by Crippen LogP contribution is 2.34. The Labute approximate surface area is 125 Å². The predicted molar refractivity (Wildman–Crippen MR) is 83.9 cm³/mol. The molecule has 0 spiro atoms. The summed E-state index contributed by atoms with van der Waals surface area (Å²) in [7, 11) is 2.16. The average Bonchev–Trinajstić information content (AvgIpc) is 2.74. The minimum absolute atomic E-state index is 0.505. The number of hydrogen-bond donors (Lipinski definition) is 0. The lowest BCUT2D eigenvalue weighted by Gasteiger charge is -2.36. The van der Waals surface area contributed by atoms with Crippen LogP contribution in [0.2, 0.25) is 0 Å². The fraction of sp³-hybridized carbons (Fsp3) is 0.438. The Balaban J connectivity index is 2.09. The number of rotatable bonds is 4. The normalized spacial score (nSPS) is 15.2. The molecule has 0 bridgehead atoms. The fourth-order valence-electron chi connectivity index (χ4n) is 2.76. The van der Waals surface area contributed by atoms with Gasteiger partial charge in [0.05, 0.1) is 17.3 Å². The van der Waals surface area contributed by atoms with Crippen molar-refractivity contribution in [2.24, 2.45) is 0 Å². The van der Waals surface area contributed by atoms with Crippen molar-refractivity contribution >= 4 is 17.4 Å². The highest BCUT2D eigenvalue weighted by atomic mass is 35.5. The standard InChI is InChI=1S/C16H20ClN3/c1-12-15(11-17)16(19(2)13-9-6-10-13)20(18-12)14-7-4-3-5-8-14/h3-5,7-8,13H,6,9-11H2,1-2H3. The summed E-state index contributed by atoms with van der Waals surface area (Å²) < 4.78 is 2.03. The lowest BCUT2D eigenvalue weighted by molar-refractivity contribution is 0.397. The highest BCUT2D eigenvalue weighted by Gasteiger charge is 2.28. The highest BCUT2D eigenvalue weighted by molar-refractivity contribution is 6.17. The summed E-state index contributed by atoms with van der Waals surface area (Å²) in [5, 5.41) is 4.70. The number of hydrogen-bond acceptors (Lipinski definition) is 2. The van der Waals surface area contributed by atoms with Crippen molar-refractivity contribution in [2.75, 3.05) is 11.9 Å². The van der Waals surface area contributed by atoms with Gasteiger partial charge in [-0.15, -0.1) is 11.6 Å². The summed E-state index contributed by atoms with van der Waals surface area (Å²) >= 11 is 6.17. The van der Waals surface area contributed by atoms with E-state index in [2.05, 4.69) is 24.1 Å². The van der Waals surface area contributed by atoms with Crippen LogP contribution in [0, 0.1) is 6.92 Å². The van der Waals surface area contributed by atoms with Gasteiger partial charge in [-0.25, -0.2) is 4.68 Å². The third kappa shape index (κ3) is 2.20. The van der Waals surface area contributed by atoms with Gasteiger partial charge in [0.25, 0.3) is 0 Å². The minimum atomic E-state index is 0.505. The van der Waals surface area contributed by atoms with E-state index in [1.807, 2.05) is 29.8 Å². The summed E-state index contributed by atoms with van der Waals surface area (Å²) in [6, 6.07) is 10.9. The summed E-state index contributed by atoms with van der Waals surface area (Å²) in [4.78, 5) is 2.36. The summed E-state index contributed by atoms with van der Waals surface area (Å²) in [6.45, 7) is 2.04. The van der Waals surface area contributed by atoms with Crippen LogP contribution in [0.3, 0.4) is 0 Å². The smallest absolute Gasteiger partial charge is 0.137 e. The van der Waals surface area contributed by atoms with Gasteiger partial charge in [-0.2, -0.15) is 5.10 Å². The first-order valence-electron chi connectivity index (χ1n) is 7.15. The van der Waals surface area contributed by atoms with Crippen molar-refractivity contribution in [3.63, 3.8) is 0 Å². The number of para-hydroxylation sites is 1. The molecule has 0 amide bonds. The molecule has 0 unspecified atom stereocenters. The van der Waals surface area contributed by atoms with E-state index in [0.29, 0.717) is 11.9 Å². The molecule has 0 N–H and O–H groups in total. The fourth-order valence-corrected chi connectivity index (χ4v) is 3.08. The van der Waals surface area contributed by atoms with Crippen LogP contribution in [-0.4, -0.2) is 22.9 Å². The zero-order valence-electron chi connectivity index (χ0n) is 12.0. The zero-order valence-corrected chi connectivity index (χ0v) is 12.8. The van der Waals surface area contributed by atoms with Crippen molar-refractivity contribution < 1.29 is 0 Å². The van der Waals surface area contributed by atoms with Crippen LogP contribution in [0.1, 0.15) is 30.5 Å². The Kier molecular flexibility index (Phi) is 3.70. The first-order chi connectivity index (χ1) is 9.72. The number of benzene rings is 1. The first kappa shape index (κ1) is 13.5. The van der Waals surface area contributed by atoms with Crippen LogP contribution in [0.5, 0.6) is 0 Å². The lowest BCUT2D eigenvalue weighted by atomic mass is 9.91. The van der Waals surface area contributed by atoms with E-state index in [9.17, 15) is 0 Å².